The van der Waals surface area contributed by atoms with Gasteiger partial charge in [0.1, 0.15) is 24.4 Å². The first-order valence-electron chi connectivity index (χ1n) is 30.5. The molecule has 9 nitrogen and oxygen atoms in total. The van der Waals surface area contributed by atoms with Gasteiger partial charge < -0.3 is 40.3 Å². The van der Waals surface area contributed by atoms with Crippen LogP contribution in [0.15, 0.2) is 60.8 Å². The SMILES string of the molecule is CC/C=C\C/C=C\C/C=C\C/C=C\CCCCCCCCCCCCCCCCCCCCCCCCC(=O)NC(COC1OC(CO)C(O)C(O)C1O)C(O)/C=C/CCCCCCCCCCCCCC. The maximum absolute atomic E-state index is 13.1. The van der Waals surface area contributed by atoms with Crippen molar-refractivity contribution in [1.82, 2.24) is 5.32 Å². The molecule has 1 heterocycles. The first-order chi connectivity index (χ1) is 35.3. The van der Waals surface area contributed by atoms with Crippen LogP contribution in [0, 0.1) is 0 Å². The molecular weight excluding hydrogens is 899 g/mol. The number of rotatable bonds is 52. The largest absolute Gasteiger partial charge is 0.394 e. The fraction of sp³-hybridized carbons (Fsp3) is 0.825. The summed E-state index contributed by atoms with van der Waals surface area (Å²) >= 11 is 0. The molecule has 1 saturated heterocycles. The van der Waals surface area contributed by atoms with E-state index in [1.54, 1.807) is 6.08 Å². The van der Waals surface area contributed by atoms with Gasteiger partial charge in [-0.25, -0.2) is 0 Å². The van der Waals surface area contributed by atoms with E-state index in [0.717, 1.165) is 64.2 Å². The lowest BCUT2D eigenvalue weighted by Crippen LogP contribution is -2.60. The number of nitrogens with one attached hydrogen (secondary N) is 1. The molecular formula is C63H115NO8. The third-order valence-corrected chi connectivity index (χ3v) is 14.3. The smallest absolute Gasteiger partial charge is 0.220 e. The molecule has 1 aliphatic heterocycles. The Balaban J connectivity index is 2.09. The van der Waals surface area contributed by atoms with Gasteiger partial charge in [-0.15, -0.1) is 0 Å². The average molecular weight is 1010 g/mol. The van der Waals surface area contributed by atoms with E-state index in [1.807, 2.05) is 6.08 Å². The molecule has 0 aliphatic carbocycles. The van der Waals surface area contributed by atoms with Crippen LogP contribution in [0.4, 0.5) is 0 Å². The lowest BCUT2D eigenvalue weighted by Gasteiger charge is -2.40. The second kappa shape index (κ2) is 52.3. The summed E-state index contributed by atoms with van der Waals surface area (Å²) in [6.07, 6.45) is 64.5. The highest BCUT2D eigenvalue weighted by atomic mass is 16.7. The Morgan fingerprint density at radius 3 is 1.28 bits per heavy atom. The molecule has 1 aliphatic rings. The van der Waals surface area contributed by atoms with Gasteiger partial charge in [-0.05, 0) is 57.8 Å². The molecule has 9 heteroatoms. The molecule has 0 radical (unpaired) electrons. The predicted octanol–water partition coefficient (Wildman–Crippen LogP) is 15.5. The molecule has 1 amide bonds. The molecule has 0 spiro atoms. The molecule has 0 aromatic rings. The maximum atomic E-state index is 13.1. The lowest BCUT2D eigenvalue weighted by molar-refractivity contribution is -0.302. The van der Waals surface area contributed by atoms with Crippen LogP contribution in [0.2, 0.25) is 0 Å². The molecule has 420 valence electrons. The Morgan fingerprint density at radius 2 is 0.861 bits per heavy atom. The first-order valence-corrected chi connectivity index (χ1v) is 30.5. The zero-order valence-electron chi connectivity index (χ0n) is 46.7. The van der Waals surface area contributed by atoms with E-state index < -0.39 is 49.5 Å². The van der Waals surface area contributed by atoms with E-state index in [1.165, 1.54) is 193 Å². The second-order valence-electron chi connectivity index (χ2n) is 21.1. The number of hydrogen-bond acceptors (Lipinski definition) is 8. The topological polar surface area (TPSA) is 149 Å². The first kappa shape index (κ1) is 67.9. The summed E-state index contributed by atoms with van der Waals surface area (Å²) in [6, 6.07) is -0.804. The average Bonchev–Trinajstić information content (AvgIpc) is 3.38. The molecule has 0 bridgehead atoms. The minimum Gasteiger partial charge on any atom is -0.394 e. The maximum Gasteiger partial charge on any atom is 0.220 e. The minimum absolute atomic E-state index is 0.174. The van der Waals surface area contributed by atoms with Crippen molar-refractivity contribution < 1.29 is 39.8 Å². The van der Waals surface area contributed by atoms with Crippen LogP contribution in [-0.4, -0.2) is 87.5 Å². The van der Waals surface area contributed by atoms with E-state index in [-0.39, 0.29) is 12.5 Å². The van der Waals surface area contributed by atoms with Crippen molar-refractivity contribution >= 4 is 5.91 Å². The summed E-state index contributed by atoms with van der Waals surface area (Å²) in [7, 11) is 0. The summed E-state index contributed by atoms with van der Waals surface area (Å²) < 4.78 is 11.3. The van der Waals surface area contributed by atoms with E-state index >= 15 is 0 Å². The summed E-state index contributed by atoms with van der Waals surface area (Å²) in [5.74, 6) is -0.174. The Hall–Kier alpha value is -2.11. The third-order valence-electron chi connectivity index (χ3n) is 14.3. The second-order valence-corrected chi connectivity index (χ2v) is 21.1. The quantitative estimate of drug-likeness (QED) is 0.0261. The summed E-state index contributed by atoms with van der Waals surface area (Å²) in [5, 5.41) is 54.5. The van der Waals surface area contributed by atoms with Gasteiger partial charge >= 0.3 is 0 Å². The van der Waals surface area contributed by atoms with Crippen LogP contribution in [0.5, 0.6) is 0 Å². The van der Waals surface area contributed by atoms with Crippen molar-refractivity contribution in [3.05, 3.63) is 60.8 Å². The van der Waals surface area contributed by atoms with Gasteiger partial charge in [0, 0.05) is 6.42 Å². The van der Waals surface area contributed by atoms with E-state index in [4.69, 9.17) is 9.47 Å². The van der Waals surface area contributed by atoms with Gasteiger partial charge in [0.05, 0.1) is 25.4 Å². The van der Waals surface area contributed by atoms with Crippen LogP contribution in [0.1, 0.15) is 277 Å². The Kier molecular flexibility index (Phi) is 49.4. The Labute approximate surface area is 443 Å². The molecule has 6 N–H and O–H groups in total. The Bertz CT molecular complexity index is 1310. The van der Waals surface area contributed by atoms with Crippen LogP contribution in [0.3, 0.4) is 0 Å². The van der Waals surface area contributed by atoms with Crippen molar-refractivity contribution in [3.63, 3.8) is 0 Å². The van der Waals surface area contributed by atoms with E-state index in [0.29, 0.717) is 6.42 Å². The summed E-state index contributed by atoms with van der Waals surface area (Å²) in [6.45, 7) is 3.68. The van der Waals surface area contributed by atoms with Crippen LogP contribution >= 0.6 is 0 Å². The zero-order chi connectivity index (χ0) is 52.2. The highest BCUT2D eigenvalue weighted by Crippen LogP contribution is 2.23. The summed E-state index contributed by atoms with van der Waals surface area (Å²) in [4.78, 5) is 13.1. The number of unbranched alkanes of at least 4 members (excludes halogenated alkanes) is 34. The number of carbonyl (C=O) groups excluding carboxylic acids is 1. The number of aliphatic hydroxyl groups excluding tert-OH is 5. The highest BCUT2D eigenvalue weighted by molar-refractivity contribution is 5.76. The summed E-state index contributed by atoms with van der Waals surface area (Å²) in [5.41, 5.74) is 0. The lowest BCUT2D eigenvalue weighted by atomic mass is 9.99. The number of carbonyl (C=O) groups is 1. The number of aliphatic hydroxyl groups is 5. The van der Waals surface area contributed by atoms with Crippen molar-refractivity contribution in [1.29, 1.82) is 0 Å². The normalized spacial score (nSPS) is 19.6. The predicted molar refractivity (Wildman–Crippen MR) is 304 cm³/mol. The zero-order valence-corrected chi connectivity index (χ0v) is 46.7. The van der Waals surface area contributed by atoms with Crippen molar-refractivity contribution in [3.8, 4) is 0 Å². The van der Waals surface area contributed by atoms with Crippen molar-refractivity contribution in [2.45, 2.75) is 320 Å². The fourth-order valence-electron chi connectivity index (χ4n) is 9.56. The molecule has 1 fully saturated rings. The van der Waals surface area contributed by atoms with Gasteiger partial charge in [0.15, 0.2) is 6.29 Å². The molecule has 1 rings (SSSR count). The van der Waals surface area contributed by atoms with Crippen molar-refractivity contribution in [2.75, 3.05) is 13.2 Å². The van der Waals surface area contributed by atoms with Gasteiger partial charge in [-0.1, -0.05) is 274 Å². The molecule has 72 heavy (non-hydrogen) atoms. The molecule has 0 aromatic heterocycles. The number of ether oxygens (including phenoxy) is 2. The molecule has 7 unspecified atom stereocenters. The van der Waals surface area contributed by atoms with Crippen LogP contribution in [0.25, 0.3) is 0 Å². The number of amides is 1. The van der Waals surface area contributed by atoms with E-state index in [2.05, 4.69) is 67.8 Å². The molecule has 0 aromatic carbocycles. The monoisotopic (exact) mass is 1010 g/mol. The standard InChI is InChI=1S/C63H115NO8/c1-3-5-7-9-11-13-15-17-19-20-21-22-23-24-25-26-27-28-29-30-31-32-33-34-35-36-37-38-39-41-43-45-47-49-51-53-59(67)64-56(55-71-63-62(70)61(69)60(68)58(54-65)72-63)57(66)52-50-48-46-44-42-40-18-16-14-12-10-8-6-4-2/h5,7,11,13,17,19,21-22,50,52,56-58,60-63,65-66,68-70H,3-4,6,8-10,12,14-16,18,20,23-49,51,53-55H2,1-2H3,(H,64,67)/b7-5-,13-11-,19-17-,22-21-,52-50+. The Morgan fingerprint density at radius 1 is 0.486 bits per heavy atom. The van der Waals surface area contributed by atoms with E-state index in [9.17, 15) is 30.3 Å². The van der Waals surface area contributed by atoms with Gasteiger partial charge in [-0.3, -0.25) is 4.79 Å². The third kappa shape index (κ3) is 41.2. The minimum atomic E-state index is -1.57. The van der Waals surface area contributed by atoms with Crippen LogP contribution < -0.4 is 5.32 Å². The molecule has 7 atom stereocenters. The highest BCUT2D eigenvalue weighted by Gasteiger charge is 2.44. The van der Waals surface area contributed by atoms with Gasteiger partial charge in [0.25, 0.3) is 0 Å². The molecule has 0 saturated carbocycles. The van der Waals surface area contributed by atoms with Crippen LogP contribution in [-0.2, 0) is 14.3 Å². The number of allylic oxidation sites excluding steroid dienone is 9. The van der Waals surface area contributed by atoms with Gasteiger partial charge in [-0.2, -0.15) is 0 Å². The van der Waals surface area contributed by atoms with Gasteiger partial charge in [0.2, 0.25) is 5.91 Å². The van der Waals surface area contributed by atoms with Crippen molar-refractivity contribution in [2.24, 2.45) is 0 Å². The fourth-order valence-corrected chi connectivity index (χ4v) is 9.56. The number of hydrogen-bond donors (Lipinski definition) is 6.